The normalized spacial score (nSPS) is 10.4. The van der Waals surface area contributed by atoms with Gasteiger partial charge in [0.15, 0.2) is 11.5 Å². The first-order chi connectivity index (χ1) is 6.65. The van der Waals surface area contributed by atoms with Gasteiger partial charge in [-0.3, -0.25) is 0 Å². The molecule has 0 aliphatic carbocycles. The second-order valence-electron chi connectivity index (χ2n) is 3.74. The van der Waals surface area contributed by atoms with E-state index in [1.165, 1.54) is 12.8 Å². The predicted octanol–water partition coefficient (Wildman–Crippen LogP) is 3.14. The predicted molar refractivity (Wildman–Crippen MR) is 57.7 cm³/mol. The molecule has 0 aromatic heterocycles. The van der Waals surface area contributed by atoms with Crippen LogP contribution >= 0.6 is 0 Å². The Kier molecular flexibility index (Phi) is 3.81. The standard InChI is InChI=1S/C12H18O2/c1-3-4-5-6-10-7-9(2)12(14)11(13)8-10/h7-8,13-14H,3-6H2,1-2H3. The van der Waals surface area contributed by atoms with Gasteiger partial charge in [0, 0.05) is 0 Å². The first-order valence-corrected chi connectivity index (χ1v) is 5.16. The van der Waals surface area contributed by atoms with Crippen molar-refractivity contribution in [2.75, 3.05) is 0 Å². The molecule has 0 atom stereocenters. The minimum atomic E-state index is -0.00324. The lowest BCUT2D eigenvalue weighted by molar-refractivity contribution is 0.400. The van der Waals surface area contributed by atoms with Crippen molar-refractivity contribution in [3.63, 3.8) is 0 Å². The lowest BCUT2D eigenvalue weighted by Crippen LogP contribution is -1.87. The fraction of sp³-hybridized carbons (Fsp3) is 0.500. The van der Waals surface area contributed by atoms with E-state index < -0.39 is 0 Å². The van der Waals surface area contributed by atoms with Gasteiger partial charge < -0.3 is 10.2 Å². The van der Waals surface area contributed by atoms with Crippen molar-refractivity contribution < 1.29 is 10.2 Å². The molecule has 0 radical (unpaired) electrons. The third-order valence-corrected chi connectivity index (χ3v) is 2.41. The Morgan fingerprint density at radius 1 is 1.14 bits per heavy atom. The van der Waals surface area contributed by atoms with Gasteiger partial charge in [0.05, 0.1) is 0 Å². The summed E-state index contributed by atoms with van der Waals surface area (Å²) in [6.07, 6.45) is 4.52. The Labute approximate surface area is 85.2 Å². The van der Waals surface area contributed by atoms with Crippen LogP contribution in [0.5, 0.6) is 11.5 Å². The van der Waals surface area contributed by atoms with Gasteiger partial charge in [0.2, 0.25) is 0 Å². The topological polar surface area (TPSA) is 40.5 Å². The van der Waals surface area contributed by atoms with Crippen LogP contribution < -0.4 is 0 Å². The van der Waals surface area contributed by atoms with E-state index in [4.69, 9.17) is 0 Å². The summed E-state index contributed by atoms with van der Waals surface area (Å²) in [4.78, 5) is 0. The maximum absolute atomic E-state index is 9.39. The molecular weight excluding hydrogens is 176 g/mol. The lowest BCUT2D eigenvalue weighted by Gasteiger charge is -2.06. The molecule has 1 aromatic rings. The molecule has 0 unspecified atom stereocenters. The molecule has 1 aromatic carbocycles. The molecule has 2 heteroatoms. The number of hydrogen-bond donors (Lipinski definition) is 2. The Morgan fingerprint density at radius 3 is 2.43 bits per heavy atom. The van der Waals surface area contributed by atoms with E-state index in [0.29, 0.717) is 0 Å². The Hall–Kier alpha value is -1.18. The third kappa shape index (κ3) is 2.66. The molecule has 0 amide bonds. The monoisotopic (exact) mass is 194 g/mol. The van der Waals surface area contributed by atoms with E-state index in [1.54, 1.807) is 13.0 Å². The van der Waals surface area contributed by atoms with Crippen molar-refractivity contribution >= 4 is 0 Å². The van der Waals surface area contributed by atoms with Crippen LogP contribution in [0.25, 0.3) is 0 Å². The molecule has 0 saturated heterocycles. The summed E-state index contributed by atoms with van der Waals surface area (Å²) in [6.45, 7) is 3.97. The summed E-state index contributed by atoms with van der Waals surface area (Å²) in [5, 5.41) is 18.7. The smallest absolute Gasteiger partial charge is 0.160 e. The van der Waals surface area contributed by atoms with Crippen molar-refractivity contribution in [2.24, 2.45) is 0 Å². The number of hydrogen-bond acceptors (Lipinski definition) is 2. The van der Waals surface area contributed by atoms with Crippen LogP contribution in [0.4, 0.5) is 0 Å². The van der Waals surface area contributed by atoms with E-state index in [1.807, 2.05) is 6.07 Å². The van der Waals surface area contributed by atoms with E-state index in [-0.39, 0.29) is 11.5 Å². The van der Waals surface area contributed by atoms with Gasteiger partial charge in [-0.25, -0.2) is 0 Å². The molecular formula is C12H18O2. The Balaban J connectivity index is 2.69. The summed E-state index contributed by atoms with van der Waals surface area (Å²) in [5.41, 5.74) is 1.85. The van der Waals surface area contributed by atoms with Crippen molar-refractivity contribution in [3.8, 4) is 11.5 Å². The van der Waals surface area contributed by atoms with E-state index in [2.05, 4.69) is 6.92 Å². The average molecular weight is 194 g/mol. The summed E-state index contributed by atoms with van der Waals surface area (Å²) >= 11 is 0. The molecule has 14 heavy (non-hydrogen) atoms. The number of rotatable bonds is 4. The zero-order valence-corrected chi connectivity index (χ0v) is 8.88. The number of phenolic OH excluding ortho intramolecular Hbond substituents is 2. The van der Waals surface area contributed by atoms with Gasteiger partial charge in [-0.15, -0.1) is 0 Å². The van der Waals surface area contributed by atoms with E-state index in [0.717, 1.165) is 24.0 Å². The van der Waals surface area contributed by atoms with Crippen molar-refractivity contribution in [2.45, 2.75) is 39.5 Å². The quantitative estimate of drug-likeness (QED) is 0.571. The number of aryl methyl sites for hydroxylation is 2. The molecule has 0 heterocycles. The summed E-state index contributed by atoms with van der Waals surface area (Å²) < 4.78 is 0. The number of unbranched alkanes of at least 4 members (excludes halogenated alkanes) is 2. The second-order valence-corrected chi connectivity index (χ2v) is 3.74. The maximum Gasteiger partial charge on any atom is 0.160 e. The fourth-order valence-electron chi connectivity index (χ4n) is 1.56. The Bertz CT molecular complexity index is 282. The molecule has 0 spiro atoms. The number of benzene rings is 1. The van der Waals surface area contributed by atoms with Gasteiger partial charge in [0.1, 0.15) is 0 Å². The number of phenols is 2. The minimum absolute atomic E-state index is 0.00324. The van der Waals surface area contributed by atoms with Crippen LogP contribution in [0.2, 0.25) is 0 Å². The molecule has 1 rings (SSSR count). The largest absolute Gasteiger partial charge is 0.504 e. The lowest BCUT2D eigenvalue weighted by atomic mass is 10.0. The first kappa shape index (κ1) is 10.9. The van der Waals surface area contributed by atoms with Gasteiger partial charge in [-0.2, -0.15) is 0 Å². The number of aromatic hydroxyl groups is 2. The van der Waals surface area contributed by atoms with E-state index in [9.17, 15) is 10.2 Å². The highest BCUT2D eigenvalue weighted by Gasteiger charge is 2.04. The molecule has 2 nitrogen and oxygen atoms in total. The maximum atomic E-state index is 9.39. The van der Waals surface area contributed by atoms with Crippen LogP contribution in [-0.2, 0) is 6.42 Å². The van der Waals surface area contributed by atoms with Crippen LogP contribution in [0.3, 0.4) is 0 Å². The first-order valence-electron chi connectivity index (χ1n) is 5.16. The SMILES string of the molecule is CCCCCc1cc(C)c(O)c(O)c1. The molecule has 0 saturated carbocycles. The van der Waals surface area contributed by atoms with Gasteiger partial charge in [-0.05, 0) is 37.0 Å². The van der Waals surface area contributed by atoms with Crippen molar-refractivity contribution in [1.29, 1.82) is 0 Å². The summed E-state index contributed by atoms with van der Waals surface area (Å²) in [6, 6.07) is 3.59. The zero-order valence-electron chi connectivity index (χ0n) is 8.88. The molecule has 0 bridgehead atoms. The van der Waals surface area contributed by atoms with E-state index >= 15 is 0 Å². The van der Waals surface area contributed by atoms with Crippen LogP contribution in [0, 0.1) is 6.92 Å². The highest BCUT2D eigenvalue weighted by molar-refractivity contribution is 5.46. The molecule has 2 N–H and O–H groups in total. The highest BCUT2D eigenvalue weighted by Crippen LogP contribution is 2.30. The van der Waals surface area contributed by atoms with Crippen molar-refractivity contribution in [1.82, 2.24) is 0 Å². The van der Waals surface area contributed by atoms with Crippen molar-refractivity contribution in [3.05, 3.63) is 23.3 Å². The van der Waals surface area contributed by atoms with Crippen LogP contribution in [-0.4, -0.2) is 10.2 Å². The highest BCUT2D eigenvalue weighted by atomic mass is 16.3. The van der Waals surface area contributed by atoms with Gasteiger partial charge >= 0.3 is 0 Å². The van der Waals surface area contributed by atoms with Gasteiger partial charge in [-0.1, -0.05) is 25.8 Å². The molecule has 0 aliphatic rings. The average Bonchev–Trinajstić information content (AvgIpc) is 2.14. The molecule has 0 aliphatic heterocycles. The van der Waals surface area contributed by atoms with Gasteiger partial charge in [0.25, 0.3) is 0 Å². The zero-order chi connectivity index (χ0) is 10.6. The minimum Gasteiger partial charge on any atom is -0.504 e. The fourth-order valence-corrected chi connectivity index (χ4v) is 1.56. The summed E-state index contributed by atoms with van der Waals surface area (Å²) in [5.74, 6) is 0.000685. The summed E-state index contributed by atoms with van der Waals surface area (Å²) in [7, 11) is 0. The second kappa shape index (κ2) is 4.89. The third-order valence-electron chi connectivity index (χ3n) is 2.41. The van der Waals surface area contributed by atoms with Crippen LogP contribution in [0.15, 0.2) is 12.1 Å². The Morgan fingerprint density at radius 2 is 1.86 bits per heavy atom. The van der Waals surface area contributed by atoms with Crippen LogP contribution in [0.1, 0.15) is 37.3 Å². The molecule has 78 valence electrons. The molecule has 0 fully saturated rings.